The van der Waals surface area contributed by atoms with Crippen molar-refractivity contribution in [1.29, 1.82) is 0 Å². The molecule has 9 nitrogen and oxygen atoms in total. The molecule has 5 rings (SSSR count). The lowest BCUT2D eigenvalue weighted by atomic mass is 9.77. The minimum atomic E-state index is -4.70. The van der Waals surface area contributed by atoms with Crippen LogP contribution >= 0.6 is 0 Å². The molecule has 1 amide bonds. The molecule has 1 spiro atoms. The van der Waals surface area contributed by atoms with Gasteiger partial charge in [-0.1, -0.05) is 0 Å². The molecule has 0 saturated carbocycles. The van der Waals surface area contributed by atoms with Crippen molar-refractivity contribution in [2.75, 3.05) is 29.4 Å². The van der Waals surface area contributed by atoms with E-state index in [1.807, 2.05) is 4.90 Å². The van der Waals surface area contributed by atoms with E-state index in [0.29, 0.717) is 49.3 Å². The Kier molecular flexibility index (Phi) is 5.32. The maximum absolute atomic E-state index is 13.2. The summed E-state index contributed by atoms with van der Waals surface area (Å²) in [6, 6.07) is 1.30. The second kappa shape index (κ2) is 8.09. The minimum absolute atomic E-state index is 0.0623. The van der Waals surface area contributed by atoms with Crippen LogP contribution in [0.3, 0.4) is 0 Å². The molecule has 0 aliphatic carbocycles. The third kappa shape index (κ3) is 3.90. The zero-order valence-corrected chi connectivity index (χ0v) is 17.7. The molecule has 14 heteroatoms. The number of hydrogen-bond acceptors (Lipinski definition) is 7. The molecule has 0 unspecified atom stereocenters. The van der Waals surface area contributed by atoms with E-state index in [9.17, 15) is 26.7 Å². The molecule has 3 aromatic heterocycles. The average Bonchev–Trinajstić information content (AvgIpc) is 3.34. The summed E-state index contributed by atoms with van der Waals surface area (Å²) in [6.07, 6.45) is -1.93. The van der Waals surface area contributed by atoms with Gasteiger partial charge in [-0.05, 0) is 25.3 Å². The van der Waals surface area contributed by atoms with E-state index in [0.717, 1.165) is 10.9 Å². The van der Waals surface area contributed by atoms with Crippen LogP contribution in [0.5, 0.6) is 0 Å². The van der Waals surface area contributed by atoms with Crippen molar-refractivity contribution in [2.24, 2.45) is 5.41 Å². The third-order valence-corrected chi connectivity index (χ3v) is 6.36. The summed E-state index contributed by atoms with van der Waals surface area (Å²) in [5.74, 6) is -1.25. The van der Waals surface area contributed by atoms with E-state index >= 15 is 0 Å². The Hall–Kier alpha value is -3.45. The maximum atomic E-state index is 13.2. The van der Waals surface area contributed by atoms with Gasteiger partial charge in [0.25, 0.3) is 6.43 Å². The van der Waals surface area contributed by atoms with Crippen LogP contribution in [0.4, 0.5) is 33.7 Å². The van der Waals surface area contributed by atoms with E-state index in [-0.39, 0.29) is 18.3 Å². The van der Waals surface area contributed by atoms with Crippen LogP contribution in [-0.4, -0.2) is 61.7 Å². The van der Waals surface area contributed by atoms with Crippen molar-refractivity contribution in [2.45, 2.75) is 38.4 Å². The van der Waals surface area contributed by atoms with Gasteiger partial charge >= 0.3 is 6.18 Å². The molecular weight excluding hydrogens is 463 g/mol. The lowest BCUT2D eigenvalue weighted by Gasteiger charge is -2.37. The lowest BCUT2D eigenvalue weighted by Crippen LogP contribution is -2.45. The van der Waals surface area contributed by atoms with Gasteiger partial charge in [-0.2, -0.15) is 23.3 Å². The number of rotatable bonds is 4. The SMILES string of the molecule is O=C1N(c2ccnc(C(F)(F)F)n2)CCC12CCN(c1ncc3cnn(CC(F)F)c3n1)CC2. The standard InChI is InChI=1S/C20H19F5N8O/c21-13(22)11-33-15-12(10-28-33)9-27-18(30-15)31-6-2-19(3-7-31)4-8-32(17(19)34)14-1-5-26-16(29-14)20(23,24)25/h1,5,9-10,13H,2-4,6-8,11H2. The fraction of sp³-hybridized carbons (Fsp3) is 0.500. The Labute approximate surface area is 189 Å². The van der Waals surface area contributed by atoms with Gasteiger partial charge in [0.05, 0.1) is 17.0 Å². The van der Waals surface area contributed by atoms with Crippen molar-refractivity contribution in [3.8, 4) is 0 Å². The molecule has 0 atom stereocenters. The second-order valence-electron chi connectivity index (χ2n) is 8.38. The Morgan fingerprint density at radius 1 is 1.03 bits per heavy atom. The van der Waals surface area contributed by atoms with Crippen molar-refractivity contribution in [1.82, 2.24) is 29.7 Å². The summed E-state index contributed by atoms with van der Waals surface area (Å²) in [6.45, 7) is 0.562. The Morgan fingerprint density at radius 2 is 1.76 bits per heavy atom. The number of piperidine rings is 1. The summed E-state index contributed by atoms with van der Waals surface area (Å²) in [7, 11) is 0. The van der Waals surface area contributed by atoms with E-state index in [1.165, 1.54) is 23.4 Å². The number of fused-ring (bicyclic) bond motifs is 1. The highest BCUT2D eigenvalue weighted by Gasteiger charge is 2.49. The van der Waals surface area contributed by atoms with Crippen LogP contribution in [0.25, 0.3) is 11.0 Å². The van der Waals surface area contributed by atoms with Gasteiger partial charge in [0.2, 0.25) is 17.7 Å². The topological polar surface area (TPSA) is 92.9 Å². The molecule has 34 heavy (non-hydrogen) atoms. The Bertz CT molecular complexity index is 1220. The lowest BCUT2D eigenvalue weighted by molar-refractivity contribution is -0.145. The van der Waals surface area contributed by atoms with E-state index in [1.54, 1.807) is 0 Å². The summed E-state index contributed by atoms with van der Waals surface area (Å²) in [5, 5.41) is 4.48. The Balaban J connectivity index is 1.31. The van der Waals surface area contributed by atoms with Crippen molar-refractivity contribution >= 4 is 28.7 Å². The molecule has 0 N–H and O–H groups in total. The fourth-order valence-corrected chi connectivity index (χ4v) is 4.55. The fourth-order valence-electron chi connectivity index (χ4n) is 4.55. The number of anilines is 2. The first-order valence-electron chi connectivity index (χ1n) is 10.6. The number of alkyl halides is 5. The van der Waals surface area contributed by atoms with E-state index in [2.05, 4.69) is 25.0 Å². The maximum Gasteiger partial charge on any atom is 0.451 e. The van der Waals surface area contributed by atoms with Crippen LogP contribution in [0.1, 0.15) is 25.1 Å². The zero-order valence-electron chi connectivity index (χ0n) is 17.7. The van der Waals surface area contributed by atoms with Crippen LogP contribution in [0.2, 0.25) is 0 Å². The van der Waals surface area contributed by atoms with Crippen molar-refractivity contribution < 1.29 is 26.7 Å². The van der Waals surface area contributed by atoms with Gasteiger partial charge in [0.1, 0.15) is 12.4 Å². The largest absolute Gasteiger partial charge is 0.451 e. The molecule has 5 heterocycles. The molecule has 2 aliphatic rings. The van der Waals surface area contributed by atoms with Gasteiger partial charge in [-0.15, -0.1) is 0 Å². The summed E-state index contributed by atoms with van der Waals surface area (Å²) < 4.78 is 65.7. The van der Waals surface area contributed by atoms with Crippen LogP contribution in [-0.2, 0) is 17.5 Å². The molecule has 0 bridgehead atoms. The van der Waals surface area contributed by atoms with Gasteiger partial charge < -0.3 is 4.90 Å². The monoisotopic (exact) mass is 482 g/mol. The molecule has 0 radical (unpaired) electrons. The van der Waals surface area contributed by atoms with E-state index < -0.39 is 30.4 Å². The highest BCUT2D eigenvalue weighted by Crippen LogP contribution is 2.43. The molecule has 2 aliphatic heterocycles. The number of hydrogen-bond donors (Lipinski definition) is 0. The average molecular weight is 482 g/mol. The number of nitrogens with zero attached hydrogens (tertiary/aromatic N) is 8. The van der Waals surface area contributed by atoms with Gasteiger partial charge in [-0.3, -0.25) is 9.69 Å². The van der Waals surface area contributed by atoms with E-state index in [4.69, 9.17) is 0 Å². The Morgan fingerprint density at radius 3 is 2.47 bits per heavy atom. The summed E-state index contributed by atoms with van der Waals surface area (Å²) >= 11 is 0. The zero-order chi connectivity index (χ0) is 24.1. The van der Waals surface area contributed by atoms with Gasteiger partial charge in [0, 0.05) is 32.0 Å². The first kappa shape index (κ1) is 22.3. The number of aromatic nitrogens is 6. The molecule has 2 saturated heterocycles. The van der Waals surface area contributed by atoms with Crippen LogP contribution in [0, 0.1) is 5.41 Å². The molecule has 180 valence electrons. The molecule has 0 aromatic carbocycles. The molecule has 2 fully saturated rings. The highest BCUT2D eigenvalue weighted by atomic mass is 19.4. The molecular formula is C20H19F5N8O. The minimum Gasteiger partial charge on any atom is -0.341 e. The number of halogens is 5. The predicted molar refractivity (Wildman–Crippen MR) is 109 cm³/mol. The third-order valence-electron chi connectivity index (χ3n) is 6.36. The first-order valence-corrected chi connectivity index (χ1v) is 10.6. The predicted octanol–water partition coefficient (Wildman–Crippen LogP) is 2.92. The van der Waals surface area contributed by atoms with Gasteiger partial charge in [0.15, 0.2) is 5.65 Å². The van der Waals surface area contributed by atoms with Crippen LogP contribution < -0.4 is 9.80 Å². The van der Waals surface area contributed by atoms with Gasteiger partial charge in [-0.25, -0.2) is 28.4 Å². The highest BCUT2D eigenvalue weighted by molar-refractivity contribution is 5.99. The molecule has 3 aromatic rings. The first-order chi connectivity index (χ1) is 16.2. The van der Waals surface area contributed by atoms with Crippen molar-refractivity contribution in [3.05, 3.63) is 30.5 Å². The number of carbonyl (C=O) groups excluding carboxylic acids is 1. The second-order valence-corrected chi connectivity index (χ2v) is 8.38. The smallest absolute Gasteiger partial charge is 0.341 e. The van der Waals surface area contributed by atoms with Crippen LogP contribution in [0.15, 0.2) is 24.7 Å². The summed E-state index contributed by atoms with van der Waals surface area (Å²) in [5.41, 5.74) is -0.403. The van der Waals surface area contributed by atoms with Crippen molar-refractivity contribution in [3.63, 3.8) is 0 Å². The normalized spacial score (nSPS) is 18.6. The number of amides is 1. The quantitative estimate of drug-likeness (QED) is 0.528. The summed E-state index contributed by atoms with van der Waals surface area (Å²) in [4.78, 5) is 31.9. The number of carbonyl (C=O) groups is 1.